The van der Waals surface area contributed by atoms with Crippen molar-refractivity contribution in [3.8, 4) is 5.75 Å². The Morgan fingerprint density at radius 2 is 2.12 bits per heavy atom. The van der Waals surface area contributed by atoms with Gasteiger partial charge in [-0.25, -0.2) is 0 Å². The average molecular weight is 345 g/mol. The maximum atomic E-state index is 11.7. The van der Waals surface area contributed by atoms with E-state index in [9.17, 15) is 4.79 Å². The normalized spacial score (nSPS) is 10.6. The first-order valence-electron chi connectivity index (χ1n) is 7.38. The summed E-state index contributed by atoms with van der Waals surface area (Å²) in [6.07, 6.45) is 0. The standard InChI is InChI=1S/C17H17ClN4O2/c1-19-16(23)10-22-15-7-6-13(24-2)9-14(15)17(21-22)20-12-5-3-4-11(18)8-12/h3-9H,10H2,1-2H3,(H,19,23)(H,20,21). The number of benzene rings is 2. The van der Waals surface area contributed by atoms with Crippen molar-refractivity contribution in [1.29, 1.82) is 0 Å². The van der Waals surface area contributed by atoms with Crippen LogP contribution in [0.25, 0.3) is 10.9 Å². The molecule has 0 fully saturated rings. The highest BCUT2D eigenvalue weighted by Crippen LogP contribution is 2.30. The number of likely N-dealkylation sites (N-methyl/N-ethyl adjacent to an activating group) is 1. The van der Waals surface area contributed by atoms with Gasteiger partial charge in [-0.2, -0.15) is 5.10 Å². The molecule has 0 aliphatic carbocycles. The lowest BCUT2D eigenvalue weighted by atomic mass is 10.2. The molecular formula is C17H17ClN4O2. The number of hydrogen-bond donors (Lipinski definition) is 2. The van der Waals surface area contributed by atoms with Gasteiger partial charge in [0.1, 0.15) is 12.3 Å². The Labute approximate surface area is 144 Å². The largest absolute Gasteiger partial charge is 0.497 e. The highest BCUT2D eigenvalue weighted by Gasteiger charge is 2.14. The number of carbonyl (C=O) groups excluding carboxylic acids is 1. The number of methoxy groups -OCH3 is 1. The number of rotatable bonds is 5. The van der Waals surface area contributed by atoms with Crippen molar-refractivity contribution in [2.24, 2.45) is 0 Å². The van der Waals surface area contributed by atoms with Crippen molar-refractivity contribution < 1.29 is 9.53 Å². The lowest BCUT2D eigenvalue weighted by Crippen LogP contribution is -2.24. The molecule has 0 atom stereocenters. The first-order chi connectivity index (χ1) is 11.6. The SMILES string of the molecule is CNC(=O)Cn1nc(Nc2cccc(Cl)c2)c2cc(OC)ccc21. The van der Waals surface area contributed by atoms with Gasteiger partial charge in [0.25, 0.3) is 0 Å². The zero-order valence-corrected chi connectivity index (χ0v) is 14.1. The fourth-order valence-electron chi connectivity index (χ4n) is 2.42. The molecule has 0 radical (unpaired) electrons. The smallest absolute Gasteiger partial charge is 0.241 e. The molecular weight excluding hydrogens is 328 g/mol. The van der Waals surface area contributed by atoms with Crippen LogP contribution in [0, 0.1) is 0 Å². The van der Waals surface area contributed by atoms with Crippen LogP contribution < -0.4 is 15.4 Å². The molecule has 0 spiro atoms. The summed E-state index contributed by atoms with van der Waals surface area (Å²) < 4.78 is 6.95. The van der Waals surface area contributed by atoms with Crippen LogP contribution >= 0.6 is 11.6 Å². The van der Waals surface area contributed by atoms with E-state index in [1.807, 2.05) is 36.4 Å². The summed E-state index contributed by atoms with van der Waals surface area (Å²) in [6, 6.07) is 13.0. The van der Waals surface area contributed by atoms with Gasteiger partial charge in [0.2, 0.25) is 5.91 Å². The van der Waals surface area contributed by atoms with Crippen LogP contribution in [-0.2, 0) is 11.3 Å². The summed E-state index contributed by atoms with van der Waals surface area (Å²) in [6.45, 7) is 0.135. The summed E-state index contributed by atoms with van der Waals surface area (Å²) in [5.74, 6) is 1.23. The van der Waals surface area contributed by atoms with Gasteiger partial charge in [-0.1, -0.05) is 17.7 Å². The average Bonchev–Trinajstić information content (AvgIpc) is 2.91. The van der Waals surface area contributed by atoms with Crippen LogP contribution in [0.5, 0.6) is 5.75 Å². The Kier molecular flexibility index (Phi) is 4.57. The summed E-state index contributed by atoms with van der Waals surface area (Å²) in [5.41, 5.74) is 1.65. The van der Waals surface area contributed by atoms with Gasteiger partial charge in [0, 0.05) is 23.1 Å². The molecule has 124 valence electrons. The van der Waals surface area contributed by atoms with Crippen LogP contribution in [0.3, 0.4) is 0 Å². The van der Waals surface area contributed by atoms with Crippen LogP contribution in [-0.4, -0.2) is 29.8 Å². The number of nitrogens with one attached hydrogen (secondary N) is 2. The number of nitrogens with zero attached hydrogens (tertiary/aromatic N) is 2. The number of fused-ring (bicyclic) bond motifs is 1. The van der Waals surface area contributed by atoms with Gasteiger partial charge >= 0.3 is 0 Å². The summed E-state index contributed by atoms with van der Waals surface area (Å²) in [7, 11) is 3.21. The quantitative estimate of drug-likeness (QED) is 0.746. The monoisotopic (exact) mass is 344 g/mol. The maximum Gasteiger partial charge on any atom is 0.241 e. The Bertz CT molecular complexity index is 891. The molecule has 0 bridgehead atoms. The first kappa shape index (κ1) is 16.1. The van der Waals surface area contributed by atoms with Gasteiger partial charge in [0.05, 0.1) is 12.6 Å². The highest BCUT2D eigenvalue weighted by atomic mass is 35.5. The molecule has 1 aromatic heterocycles. The molecule has 0 saturated carbocycles. The van der Waals surface area contributed by atoms with Crippen LogP contribution in [0.4, 0.5) is 11.5 Å². The summed E-state index contributed by atoms with van der Waals surface area (Å²) in [5, 5.41) is 11.9. The van der Waals surface area contributed by atoms with Crippen molar-refractivity contribution in [1.82, 2.24) is 15.1 Å². The van der Waals surface area contributed by atoms with Gasteiger partial charge in [0.15, 0.2) is 5.82 Å². The summed E-state index contributed by atoms with van der Waals surface area (Å²) >= 11 is 6.03. The van der Waals surface area contributed by atoms with Crippen molar-refractivity contribution in [2.75, 3.05) is 19.5 Å². The van der Waals surface area contributed by atoms with Crippen molar-refractivity contribution in [3.63, 3.8) is 0 Å². The number of hydrogen-bond acceptors (Lipinski definition) is 4. The molecule has 6 nitrogen and oxygen atoms in total. The van der Waals surface area contributed by atoms with Gasteiger partial charge in [-0.05, 0) is 36.4 Å². The Morgan fingerprint density at radius 3 is 2.83 bits per heavy atom. The predicted molar refractivity (Wildman–Crippen MR) is 95.1 cm³/mol. The molecule has 7 heteroatoms. The van der Waals surface area contributed by atoms with Crippen molar-refractivity contribution in [3.05, 3.63) is 47.5 Å². The van der Waals surface area contributed by atoms with E-state index in [0.29, 0.717) is 10.8 Å². The Morgan fingerprint density at radius 1 is 1.29 bits per heavy atom. The summed E-state index contributed by atoms with van der Waals surface area (Å²) in [4.78, 5) is 11.7. The van der Waals surface area contributed by atoms with E-state index in [0.717, 1.165) is 22.3 Å². The van der Waals surface area contributed by atoms with E-state index in [2.05, 4.69) is 15.7 Å². The van der Waals surface area contributed by atoms with Crippen molar-refractivity contribution in [2.45, 2.75) is 6.54 Å². The third kappa shape index (κ3) is 3.28. The molecule has 3 aromatic rings. The van der Waals surface area contributed by atoms with Crippen LogP contribution in [0.15, 0.2) is 42.5 Å². The van der Waals surface area contributed by atoms with Gasteiger partial charge in [-0.15, -0.1) is 0 Å². The number of carbonyl (C=O) groups is 1. The van der Waals surface area contributed by atoms with Gasteiger partial charge < -0.3 is 15.4 Å². The lowest BCUT2D eigenvalue weighted by molar-refractivity contribution is -0.121. The van der Waals surface area contributed by atoms with Crippen LogP contribution in [0.2, 0.25) is 5.02 Å². The first-order valence-corrected chi connectivity index (χ1v) is 7.76. The molecule has 0 saturated heterocycles. The Hall–Kier alpha value is -2.73. The minimum Gasteiger partial charge on any atom is -0.497 e. The second-order valence-corrected chi connectivity index (χ2v) is 5.63. The lowest BCUT2D eigenvalue weighted by Gasteiger charge is -2.04. The Balaban J connectivity index is 2.06. The van der Waals surface area contributed by atoms with E-state index in [1.165, 1.54) is 0 Å². The molecule has 24 heavy (non-hydrogen) atoms. The molecule has 0 aliphatic heterocycles. The second kappa shape index (κ2) is 6.80. The number of halogens is 1. The second-order valence-electron chi connectivity index (χ2n) is 5.20. The minimum atomic E-state index is -0.121. The molecule has 0 aliphatic rings. The van der Waals surface area contributed by atoms with E-state index >= 15 is 0 Å². The topological polar surface area (TPSA) is 68.2 Å². The maximum absolute atomic E-state index is 11.7. The van der Waals surface area contributed by atoms with Gasteiger partial charge in [-0.3, -0.25) is 9.48 Å². The van der Waals surface area contributed by atoms with E-state index < -0.39 is 0 Å². The highest BCUT2D eigenvalue weighted by molar-refractivity contribution is 6.30. The zero-order chi connectivity index (χ0) is 17.1. The number of amides is 1. The van der Waals surface area contributed by atoms with Crippen molar-refractivity contribution >= 4 is 39.9 Å². The third-order valence-electron chi connectivity index (χ3n) is 3.62. The van der Waals surface area contributed by atoms with E-state index in [4.69, 9.17) is 16.3 Å². The molecule has 1 amide bonds. The molecule has 1 heterocycles. The number of anilines is 2. The predicted octanol–water partition coefficient (Wildman–Crippen LogP) is 3.19. The van der Waals surface area contributed by atoms with E-state index in [1.54, 1.807) is 24.9 Å². The molecule has 2 aromatic carbocycles. The van der Waals surface area contributed by atoms with Crippen LogP contribution in [0.1, 0.15) is 0 Å². The van der Waals surface area contributed by atoms with E-state index in [-0.39, 0.29) is 12.5 Å². The number of ether oxygens (including phenoxy) is 1. The fourth-order valence-corrected chi connectivity index (χ4v) is 2.61. The molecule has 2 N–H and O–H groups in total. The fraction of sp³-hybridized carbons (Fsp3) is 0.176. The minimum absolute atomic E-state index is 0.121. The molecule has 3 rings (SSSR count). The molecule has 0 unspecified atom stereocenters. The zero-order valence-electron chi connectivity index (χ0n) is 13.3. The third-order valence-corrected chi connectivity index (χ3v) is 3.85. The number of aromatic nitrogens is 2.